The molecule has 8 heteroatoms. The number of nitrogens with one attached hydrogen (secondary N) is 1. The van der Waals surface area contributed by atoms with E-state index in [0.717, 1.165) is 4.47 Å². The van der Waals surface area contributed by atoms with E-state index in [2.05, 4.69) is 26.2 Å². The second kappa shape index (κ2) is 10.2. The molecule has 0 fully saturated rings. The van der Waals surface area contributed by atoms with Gasteiger partial charge in [0, 0.05) is 5.56 Å². The lowest BCUT2D eigenvalue weighted by Gasteiger charge is -2.08. The number of aliphatic carboxylic acids is 1. The number of carbonyl (C=O) groups is 2. The van der Waals surface area contributed by atoms with Crippen LogP contribution in [0.3, 0.4) is 0 Å². The van der Waals surface area contributed by atoms with E-state index < -0.39 is 11.9 Å². The summed E-state index contributed by atoms with van der Waals surface area (Å²) >= 11 is 3.43. The van der Waals surface area contributed by atoms with Crippen LogP contribution < -0.4 is 10.1 Å². The topological polar surface area (TPSA) is 102 Å². The number of aryl methyl sites for hydroxylation is 1. The Hall–Kier alpha value is -4.17. The van der Waals surface area contributed by atoms with Gasteiger partial charge in [-0.25, -0.2) is 9.78 Å². The summed E-state index contributed by atoms with van der Waals surface area (Å²) in [6.45, 7) is 1.60. The van der Waals surface area contributed by atoms with Crippen LogP contribution in [0.1, 0.15) is 21.8 Å². The Kier molecular flexibility index (Phi) is 6.89. The molecule has 0 saturated heterocycles. The normalized spacial score (nSPS) is 11.2. The molecule has 0 unspecified atom stereocenters. The number of carboxylic acid groups (broad SMARTS) is 1. The molecule has 0 bridgehead atoms. The Bertz CT molecular complexity index is 1360. The molecule has 1 aromatic heterocycles. The lowest BCUT2D eigenvalue weighted by atomic mass is 10.2. The molecule has 4 aromatic rings. The van der Waals surface area contributed by atoms with Crippen LogP contribution in [-0.4, -0.2) is 22.0 Å². The van der Waals surface area contributed by atoms with Crippen molar-refractivity contribution in [2.45, 2.75) is 6.92 Å². The fraction of sp³-hybridized carbons (Fsp3) is 0.0385. The molecular weight excluding hydrogens is 500 g/mol. The van der Waals surface area contributed by atoms with Gasteiger partial charge in [0.2, 0.25) is 5.89 Å². The Morgan fingerprint density at radius 3 is 2.35 bits per heavy atom. The summed E-state index contributed by atoms with van der Waals surface area (Å²) in [6, 6.07) is 23.4. The Morgan fingerprint density at radius 2 is 1.68 bits per heavy atom. The highest BCUT2D eigenvalue weighted by Crippen LogP contribution is 2.29. The molecule has 0 radical (unpaired) electrons. The van der Waals surface area contributed by atoms with Crippen molar-refractivity contribution in [2.75, 3.05) is 0 Å². The van der Waals surface area contributed by atoms with Crippen LogP contribution in [0.15, 0.2) is 93.4 Å². The number of rotatable bonds is 7. The van der Waals surface area contributed by atoms with Gasteiger partial charge in [-0.3, -0.25) is 4.79 Å². The number of para-hydroxylation sites is 1. The van der Waals surface area contributed by atoms with E-state index in [-0.39, 0.29) is 23.0 Å². The molecule has 0 atom stereocenters. The van der Waals surface area contributed by atoms with Crippen LogP contribution in [0.4, 0.5) is 0 Å². The maximum Gasteiger partial charge on any atom is 0.352 e. The van der Waals surface area contributed by atoms with Crippen molar-refractivity contribution >= 4 is 33.9 Å². The molecular formula is C26H19BrN2O5. The van der Waals surface area contributed by atoms with Crippen LogP contribution in [0, 0.1) is 6.92 Å². The highest BCUT2D eigenvalue weighted by Gasteiger charge is 2.21. The average Bonchev–Trinajstić information content (AvgIpc) is 3.23. The van der Waals surface area contributed by atoms with Gasteiger partial charge in [0.05, 0.1) is 4.47 Å². The fourth-order valence-electron chi connectivity index (χ4n) is 3.10. The second-order valence-corrected chi connectivity index (χ2v) is 8.06. The molecule has 7 nitrogen and oxygen atoms in total. The van der Waals surface area contributed by atoms with E-state index in [1.54, 1.807) is 43.3 Å². The smallest absolute Gasteiger partial charge is 0.352 e. The zero-order valence-corrected chi connectivity index (χ0v) is 19.6. The summed E-state index contributed by atoms with van der Waals surface area (Å²) in [6.07, 6.45) is 1.36. The number of hydrogen-bond acceptors (Lipinski definition) is 5. The van der Waals surface area contributed by atoms with Gasteiger partial charge in [-0.1, -0.05) is 42.5 Å². The van der Waals surface area contributed by atoms with Crippen molar-refractivity contribution in [3.63, 3.8) is 0 Å². The molecule has 0 aliphatic carbocycles. The van der Waals surface area contributed by atoms with Crippen molar-refractivity contribution in [3.8, 4) is 23.0 Å². The lowest BCUT2D eigenvalue weighted by molar-refractivity contribution is -0.132. The minimum Gasteiger partial charge on any atom is -0.477 e. The van der Waals surface area contributed by atoms with E-state index in [9.17, 15) is 14.7 Å². The van der Waals surface area contributed by atoms with Crippen LogP contribution in [0.5, 0.6) is 11.5 Å². The van der Waals surface area contributed by atoms with Gasteiger partial charge in [0.25, 0.3) is 5.91 Å². The molecule has 1 amide bonds. The average molecular weight is 519 g/mol. The third-order valence-electron chi connectivity index (χ3n) is 4.77. The summed E-state index contributed by atoms with van der Waals surface area (Å²) in [5.74, 6) is -0.157. The van der Waals surface area contributed by atoms with Crippen molar-refractivity contribution < 1.29 is 23.8 Å². The first-order valence-electron chi connectivity index (χ1n) is 10.2. The predicted octanol–water partition coefficient (Wildman–Crippen LogP) is 6.06. The van der Waals surface area contributed by atoms with Crippen molar-refractivity contribution in [1.82, 2.24) is 10.3 Å². The molecule has 4 rings (SSSR count). The van der Waals surface area contributed by atoms with Crippen LogP contribution in [0.2, 0.25) is 0 Å². The number of aromatic nitrogens is 1. The van der Waals surface area contributed by atoms with E-state index in [4.69, 9.17) is 9.15 Å². The third kappa shape index (κ3) is 5.41. The highest BCUT2D eigenvalue weighted by atomic mass is 79.9. The van der Waals surface area contributed by atoms with Crippen LogP contribution in [0.25, 0.3) is 17.5 Å². The second-order valence-electron chi connectivity index (χ2n) is 7.21. The van der Waals surface area contributed by atoms with Crippen LogP contribution >= 0.6 is 15.9 Å². The molecule has 34 heavy (non-hydrogen) atoms. The third-order valence-corrected chi connectivity index (χ3v) is 5.42. The Balaban J connectivity index is 1.51. The maximum absolute atomic E-state index is 12.7. The van der Waals surface area contributed by atoms with Gasteiger partial charge >= 0.3 is 5.97 Å². The Labute approximate surface area is 203 Å². The molecule has 0 aliphatic heterocycles. The fourth-order valence-corrected chi connectivity index (χ4v) is 3.46. The number of hydrogen-bond donors (Lipinski definition) is 2. The molecule has 1 heterocycles. The van der Waals surface area contributed by atoms with E-state index in [1.165, 1.54) is 6.08 Å². The molecule has 3 aromatic carbocycles. The molecule has 0 spiro atoms. The summed E-state index contributed by atoms with van der Waals surface area (Å²) in [4.78, 5) is 28.8. The molecule has 0 saturated carbocycles. The summed E-state index contributed by atoms with van der Waals surface area (Å²) < 4.78 is 12.2. The van der Waals surface area contributed by atoms with Gasteiger partial charge < -0.3 is 19.6 Å². The molecule has 170 valence electrons. The minimum atomic E-state index is -1.29. The largest absolute Gasteiger partial charge is 0.477 e. The summed E-state index contributed by atoms with van der Waals surface area (Å²) in [5.41, 5.74) is 0.999. The molecule has 2 N–H and O–H groups in total. The van der Waals surface area contributed by atoms with Gasteiger partial charge in [0.15, 0.2) is 5.69 Å². The number of carboxylic acids is 1. The van der Waals surface area contributed by atoms with E-state index in [1.807, 2.05) is 42.5 Å². The van der Waals surface area contributed by atoms with E-state index in [0.29, 0.717) is 22.6 Å². The van der Waals surface area contributed by atoms with Gasteiger partial charge in [0.1, 0.15) is 23.0 Å². The monoisotopic (exact) mass is 518 g/mol. The lowest BCUT2D eigenvalue weighted by Crippen LogP contribution is -2.28. The first-order chi connectivity index (χ1) is 16.4. The number of amides is 1. The zero-order valence-electron chi connectivity index (χ0n) is 18.0. The van der Waals surface area contributed by atoms with Gasteiger partial charge in [-0.15, -0.1) is 0 Å². The standard InChI is InChI=1S/C26H19BrN2O5/c1-16-23(29-25(33-16)18-7-3-2-4-8-18)24(30)28-21(26(31)32)15-17-11-13-19(14-12-17)34-22-10-6-5-9-20(22)27/h2-15H,1H3,(H,28,30)(H,31,32). The quantitative estimate of drug-likeness (QED) is 0.288. The number of oxazole rings is 1. The zero-order chi connectivity index (χ0) is 24.1. The van der Waals surface area contributed by atoms with Crippen LogP contribution in [-0.2, 0) is 4.79 Å². The number of ether oxygens (including phenoxy) is 1. The number of halogens is 1. The van der Waals surface area contributed by atoms with Crippen molar-refractivity contribution in [3.05, 3.63) is 106 Å². The first-order valence-corrected chi connectivity index (χ1v) is 11.0. The predicted molar refractivity (Wildman–Crippen MR) is 130 cm³/mol. The number of nitrogens with zero attached hydrogens (tertiary/aromatic N) is 1. The van der Waals surface area contributed by atoms with Crippen molar-refractivity contribution in [2.24, 2.45) is 0 Å². The van der Waals surface area contributed by atoms with Gasteiger partial charge in [-0.05, 0) is 70.9 Å². The number of benzene rings is 3. The van der Waals surface area contributed by atoms with E-state index >= 15 is 0 Å². The first kappa shape index (κ1) is 23.0. The molecule has 0 aliphatic rings. The Morgan fingerprint density at radius 1 is 1.00 bits per heavy atom. The summed E-state index contributed by atoms with van der Waals surface area (Å²) in [5, 5.41) is 12.0. The SMILES string of the molecule is Cc1oc(-c2ccccc2)nc1C(=O)NC(=Cc1ccc(Oc2ccccc2Br)cc1)C(=O)O. The van der Waals surface area contributed by atoms with Crippen molar-refractivity contribution in [1.29, 1.82) is 0 Å². The highest BCUT2D eigenvalue weighted by molar-refractivity contribution is 9.10. The maximum atomic E-state index is 12.7. The number of carbonyl (C=O) groups excluding carboxylic acids is 1. The minimum absolute atomic E-state index is 0.0168. The summed E-state index contributed by atoms with van der Waals surface area (Å²) in [7, 11) is 0. The van der Waals surface area contributed by atoms with Gasteiger partial charge in [-0.2, -0.15) is 0 Å².